The molecule has 8 heteroatoms. The van der Waals surface area contributed by atoms with E-state index < -0.39 is 10.0 Å². The Labute approximate surface area is 239 Å². The molecular weight excluding hydrogens is 542 g/mol. The predicted octanol–water partition coefficient (Wildman–Crippen LogP) is 7.52. The number of H-pyrrole nitrogens is 1. The number of sulfonamides is 1. The molecule has 0 saturated carbocycles. The second-order valence-electron chi connectivity index (χ2n) is 10.7. The van der Waals surface area contributed by atoms with Crippen molar-refractivity contribution in [3.8, 4) is 11.1 Å². The molecule has 0 fully saturated rings. The van der Waals surface area contributed by atoms with Gasteiger partial charge in [-0.2, -0.15) is 0 Å². The average molecular weight is 572 g/mol. The lowest BCUT2D eigenvalue weighted by atomic mass is 9.87. The molecule has 0 aliphatic carbocycles. The molecule has 0 aliphatic rings. The van der Waals surface area contributed by atoms with Crippen LogP contribution in [0.25, 0.3) is 22.0 Å². The van der Waals surface area contributed by atoms with E-state index in [0.717, 1.165) is 22.1 Å². The van der Waals surface area contributed by atoms with Crippen LogP contribution < -0.4 is 10.0 Å². The minimum atomic E-state index is -3.82. The van der Waals surface area contributed by atoms with Crippen molar-refractivity contribution in [2.75, 3.05) is 4.72 Å². The lowest BCUT2D eigenvalue weighted by molar-refractivity contribution is 0.0947. The number of fused-ring (bicyclic) bond motifs is 1. The van der Waals surface area contributed by atoms with E-state index in [1.165, 1.54) is 0 Å². The quantitative estimate of drug-likeness (QED) is 0.189. The number of hydrogen-bond acceptors (Lipinski definition) is 3. The number of carbonyl (C=O) groups is 1. The molecule has 5 rings (SSSR count). The van der Waals surface area contributed by atoms with Gasteiger partial charge in [0.15, 0.2) is 0 Å². The van der Waals surface area contributed by atoms with Gasteiger partial charge in [0.25, 0.3) is 15.9 Å². The lowest BCUT2D eigenvalue weighted by Gasteiger charge is -2.19. The molecule has 0 spiro atoms. The summed E-state index contributed by atoms with van der Waals surface area (Å²) in [6.45, 7) is 6.55. The van der Waals surface area contributed by atoms with Crippen LogP contribution in [0, 0.1) is 0 Å². The van der Waals surface area contributed by atoms with Gasteiger partial charge in [0.05, 0.1) is 4.90 Å². The van der Waals surface area contributed by atoms with Gasteiger partial charge in [-0.15, -0.1) is 0 Å². The van der Waals surface area contributed by atoms with Crippen molar-refractivity contribution in [1.82, 2.24) is 10.3 Å². The number of amides is 1. The second-order valence-corrected chi connectivity index (χ2v) is 12.8. The van der Waals surface area contributed by atoms with E-state index in [1.54, 1.807) is 42.5 Å². The van der Waals surface area contributed by atoms with Gasteiger partial charge in [-0.3, -0.25) is 9.52 Å². The number of aromatic amines is 1. The number of halogens is 1. The van der Waals surface area contributed by atoms with E-state index in [2.05, 4.69) is 35.8 Å². The highest BCUT2D eigenvalue weighted by Crippen LogP contribution is 2.35. The number of hydrogen-bond donors (Lipinski definition) is 3. The average Bonchev–Trinajstić information content (AvgIpc) is 3.30. The highest BCUT2D eigenvalue weighted by Gasteiger charge is 2.22. The summed E-state index contributed by atoms with van der Waals surface area (Å²) in [4.78, 5) is 16.8. The second kappa shape index (κ2) is 10.8. The van der Waals surface area contributed by atoms with Gasteiger partial charge in [0.2, 0.25) is 0 Å². The molecule has 204 valence electrons. The minimum Gasteiger partial charge on any atom is -0.350 e. The van der Waals surface area contributed by atoms with Crippen LogP contribution in [-0.4, -0.2) is 19.3 Å². The molecule has 1 heterocycles. The molecule has 3 N–H and O–H groups in total. The van der Waals surface area contributed by atoms with Gasteiger partial charge in [0, 0.05) is 33.7 Å². The Morgan fingerprint density at radius 2 is 1.60 bits per heavy atom. The fourth-order valence-corrected chi connectivity index (χ4v) is 5.86. The zero-order valence-corrected chi connectivity index (χ0v) is 24.0. The molecule has 0 radical (unpaired) electrons. The fourth-order valence-electron chi connectivity index (χ4n) is 4.60. The zero-order valence-electron chi connectivity index (χ0n) is 22.5. The molecule has 0 aliphatic heterocycles. The first-order chi connectivity index (χ1) is 19.0. The molecular formula is C32H30ClN3O3S. The third kappa shape index (κ3) is 5.91. The number of carbonyl (C=O) groups excluding carboxylic acids is 1. The van der Waals surface area contributed by atoms with E-state index in [0.29, 0.717) is 34.0 Å². The normalized spacial score (nSPS) is 11.9. The van der Waals surface area contributed by atoms with Gasteiger partial charge in [-0.25, -0.2) is 8.42 Å². The number of anilines is 1. The summed E-state index contributed by atoms with van der Waals surface area (Å²) in [5.74, 6) is -0.281. The first kappa shape index (κ1) is 27.5. The molecule has 6 nitrogen and oxygen atoms in total. The summed E-state index contributed by atoms with van der Waals surface area (Å²) >= 11 is 6.09. The van der Waals surface area contributed by atoms with Crippen LogP contribution in [0.4, 0.5) is 5.69 Å². The highest BCUT2D eigenvalue weighted by molar-refractivity contribution is 7.92. The van der Waals surface area contributed by atoms with E-state index >= 15 is 0 Å². The van der Waals surface area contributed by atoms with Crippen molar-refractivity contribution >= 4 is 44.1 Å². The van der Waals surface area contributed by atoms with Crippen molar-refractivity contribution in [2.45, 2.75) is 37.6 Å². The molecule has 4 aromatic carbocycles. The summed E-state index contributed by atoms with van der Waals surface area (Å²) in [5.41, 5.74) is 4.87. The van der Waals surface area contributed by atoms with E-state index in [9.17, 15) is 13.2 Å². The summed E-state index contributed by atoms with van der Waals surface area (Å²) in [6, 6.07) is 29.0. The van der Waals surface area contributed by atoms with Crippen LogP contribution in [0.3, 0.4) is 0 Å². The Hall–Kier alpha value is -4.07. The van der Waals surface area contributed by atoms with Crippen LogP contribution >= 0.6 is 11.6 Å². The maximum Gasteiger partial charge on any atom is 0.268 e. The first-order valence-corrected chi connectivity index (χ1v) is 14.7. The van der Waals surface area contributed by atoms with Gasteiger partial charge >= 0.3 is 0 Å². The van der Waals surface area contributed by atoms with Crippen molar-refractivity contribution in [3.63, 3.8) is 0 Å². The van der Waals surface area contributed by atoms with Gasteiger partial charge in [-0.05, 0) is 64.6 Å². The summed E-state index contributed by atoms with van der Waals surface area (Å²) < 4.78 is 29.1. The van der Waals surface area contributed by atoms with E-state index in [-0.39, 0.29) is 16.2 Å². The highest BCUT2D eigenvalue weighted by atomic mass is 35.5. The Balaban J connectivity index is 1.49. The van der Waals surface area contributed by atoms with Gasteiger partial charge in [-0.1, -0.05) is 87.0 Å². The zero-order chi connectivity index (χ0) is 28.5. The maximum absolute atomic E-state index is 13.4. The predicted molar refractivity (Wildman–Crippen MR) is 162 cm³/mol. The Morgan fingerprint density at radius 1 is 0.875 bits per heavy atom. The molecule has 0 atom stereocenters. The van der Waals surface area contributed by atoms with Crippen LogP contribution in [0.5, 0.6) is 0 Å². The van der Waals surface area contributed by atoms with Crippen LogP contribution in [0.1, 0.15) is 42.4 Å². The van der Waals surface area contributed by atoms with Gasteiger partial charge < -0.3 is 10.3 Å². The molecule has 1 amide bonds. The summed E-state index contributed by atoms with van der Waals surface area (Å²) in [7, 11) is -3.82. The molecule has 0 saturated heterocycles. The number of benzene rings is 4. The SMILES string of the molecule is CC(C)(C)c1ccc(S(=O)(=O)Nc2ccc3[nH]c(C(=O)NCc4cccc(Cl)c4)c(-c4ccccc4)c3c2)cc1. The van der Waals surface area contributed by atoms with Crippen molar-refractivity contribution in [3.05, 3.63) is 119 Å². The van der Waals surface area contributed by atoms with Crippen LogP contribution in [-0.2, 0) is 22.0 Å². The molecule has 5 aromatic rings. The maximum atomic E-state index is 13.4. The topological polar surface area (TPSA) is 91.1 Å². The molecule has 0 bridgehead atoms. The number of nitrogens with one attached hydrogen (secondary N) is 3. The molecule has 0 unspecified atom stereocenters. The fraction of sp³-hybridized carbons (Fsp3) is 0.156. The van der Waals surface area contributed by atoms with Crippen molar-refractivity contribution < 1.29 is 13.2 Å². The molecule has 1 aromatic heterocycles. The minimum absolute atomic E-state index is 0.0823. The van der Waals surface area contributed by atoms with E-state index in [1.807, 2.05) is 54.6 Å². The van der Waals surface area contributed by atoms with Crippen molar-refractivity contribution in [2.24, 2.45) is 0 Å². The van der Waals surface area contributed by atoms with Crippen LogP contribution in [0.2, 0.25) is 5.02 Å². The first-order valence-electron chi connectivity index (χ1n) is 12.9. The largest absolute Gasteiger partial charge is 0.350 e. The van der Waals surface area contributed by atoms with E-state index in [4.69, 9.17) is 11.6 Å². The van der Waals surface area contributed by atoms with Crippen molar-refractivity contribution in [1.29, 1.82) is 0 Å². The summed E-state index contributed by atoms with van der Waals surface area (Å²) in [6.07, 6.45) is 0. The summed E-state index contributed by atoms with van der Waals surface area (Å²) in [5, 5.41) is 4.29. The third-order valence-electron chi connectivity index (χ3n) is 6.71. The van der Waals surface area contributed by atoms with Crippen LogP contribution in [0.15, 0.2) is 102 Å². The Morgan fingerprint density at radius 3 is 2.27 bits per heavy atom. The monoisotopic (exact) mass is 571 g/mol. The number of rotatable bonds is 7. The smallest absolute Gasteiger partial charge is 0.268 e. The number of aromatic nitrogens is 1. The standard InChI is InChI=1S/C32H30ClN3O3S/c1-32(2,3)23-12-15-26(16-13-23)40(38,39)36-25-14-17-28-27(19-25)29(22-9-5-4-6-10-22)30(35-28)31(37)34-20-21-8-7-11-24(33)18-21/h4-19,35-36H,20H2,1-3H3,(H,34,37). The molecule has 40 heavy (non-hydrogen) atoms. The van der Waals surface area contributed by atoms with Gasteiger partial charge in [0.1, 0.15) is 5.69 Å². The lowest BCUT2D eigenvalue weighted by Crippen LogP contribution is -2.23. The third-order valence-corrected chi connectivity index (χ3v) is 8.35. The Kier molecular flexibility index (Phi) is 7.45. The Bertz CT molecular complexity index is 1790.